The van der Waals surface area contributed by atoms with Crippen molar-refractivity contribution in [1.29, 1.82) is 0 Å². The van der Waals surface area contributed by atoms with Crippen LogP contribution in [0.1, 0.15) is 29.6 Å². The Labute approximate surface area is 130 Å². The molecular weight excluding hydrogens is 282 g/mol. The average Bonchev–Trinajstić information content (AvgIpc) is 3.12. The lowest BCUT2D eigenvalue weighted by Gasteiger charge is -2.23. The summed E-state index contributed by atoms with van der Waals surface area (Å²) in [5, 5.41) is 9.52. The highest BCUT2D eigenvalue weighted by atomic mass is 16.5. The minimum atomic E-state index is -0.176. The van der Waals surface area contributed by atoms with Crippen LogP contribution in [0.15, 0.2) is 24.3 Å². The van der Waals surface area contributed by atoms with E-state index in [0.717, 1.165) is 32.5 Å². The number of phenolic OH excluding ortho intramolecular Hbond substituents is 1. The van der Waals surface area contributed by atoms with Crippen LogP contribution in [-0.4, -0.2) is 54.9 Å². The molecule has 120 valence electrons. The zero-order valence-electron chi connectivity index (χ0n) is 13.0. The number of amides is 1. The molecule has 0 saturated carbocycles. The van der Waals surface area contributed by atoms with Crippen molar-refractivity contribution in [3.63, 3.8) is 0 Å². The maximum Gasteiger partial charge on any atom is 0.254 e. The first-order valence-corrected chi connectivity index (χ1v) is 7.83. The number of nitrogens with zero attached hydrogens (tertiary/aromatic N) is 1. The lowest BCUT2D eigenvalue weighted by Crippen LogP contribution is -2.35. The molecule has 2 fully saturated rings. The van der Waals surface area contributed by atoms with Gasteiger partial charge in [-0.15, -0.1) is 0 Å². The van der Waals surface area contributed by atoms with Gasteiger partial charge in [0, 0.05) is 25.8 Å². The minimum absolute atomic E-state index is 0.0308. The zero-order chi connectivity index (χ0) is 15.6. The van der Waals surface area contributed by atoms with E-state index in [1.807, 2.05) is 4.90 Å². The van der Waals surface area contributed by atoms with Gasteiger partial charge < -0.3 is 19.5 Å². The van der Waals surface area contributed by atoms with Crippen molar-refractivity contribution in [2.45, 2.75) is 24.9 Å². The van der Waals surface area contributed by atoms with Crippen molar-refractivity contribution < 1.29 is 19.4 Å². The average molecular weight is 305 g/mol. The van der Waals surface area contributed by atoms with Crippen LogP contribution in [0, 0.1) is 5.92 Å². The Bertz CT molecular complexity index is 547. The number of benzene rings is 1. The number of hydrogen-bond donors (Lipinski definition) is 1. The number of carbonyl (C=O) groups is 1. The third-order valence-electron chi connectivity index (χ3n) is 4.71. The molecule has 0 radical (unpaired) electrons. The third kappa shape index (κ3) is 3.10. The first-order valence-electron chi connectivity index (χ1n) is 7.83. The van der Waals surface area contributed by atoms with E-state index in [2.05, 4.69) is 0 Å². The summed E-state index contributed by atoms with van der Waals surface area (Å²) in [6, 6.07) is 6.53. The van der Waals surface area contributed by atoms with Crippen molar-refractivity contribution in [1.82, 2.24) is 4.90 Å². The van der Waals surface area contributed by atoms with Crippen LogP contribution >= 0.6 is 0 Å². The van der Waals surface area contributed by atoms with Gasteiger partial charge in [-0.3, -0.25) is 4.79 Å². The Morgan fingerprint density at radius 2 is 2.41 bits per heavy atom. The zero-order valence-corrected chi connectivity index (χ0v) is 13.0. The van der Waals surface area contributed by atoms with Crippen molar-refractivity contribution in [2.24, 2.45) is 5.92 Å². The first-order chi connectivity index (χ1) is 10.6. The van der Waals surface area contributed by atoms with Crippen molar-refractivity contribution >= 4 is 5.91 Å². The van der Waals surface area contributed by atoms with E-state index in [9.17, 15) is 9.90 Å². The number of carbonyl (C=O) groups excluding carboxylic acids is 1. The van der Waals surface area contributed by atoms with Gasteiger partial charge in [-0.05, 0) is 43.4 Å². The van der Waals surface area contributed by atoms with Crippen LogP contribution < -0.4 is 0 Å². The Kier molecular flexibility index (Phi) is 4.36. The van der Waals surface area contributed by atoms with Gasteiger partial charge in [0.1, 0.15) is 5.75 Å². The second-order valence-corrected chi connectivity index (χ2v) is 6.37. The van der Waals surface area contributed by atoms with Crippen molar-refractivity contribution in [3.8, 4) is 5.75 Å². The molecule has 22 heavy (non-hydrogen) atoms. The lowest BCUT2D eigenvalue weighted by atomic mass is 9.92. The van der Waals surface area contributed by atoms with Gasteiger partial charge in [-0.1, -0.05) is 6.07 Å². The molecule has 0 aliphatic carbocycles. The number of methoxy groups -OCH3 is 1. The summed E-state index contributed by atoms with van der Waals surface area (Å²) in [6.45, 7) is 2.88. The summed E-state index contributed by atoms with van der Waals surface area (Å²) >= 11 is 0. The summed E-state index contributed by atoms with van der Waals surface area (Å²) < 4.78 is 11.2. The third-order valence-corrected chi connectivity index (χ3v) is 4.71. The highest BCUT2D eigenvalue weighted by Gasteiger charge is 2.46. The van der Waals surface area contributed by atoms with Crippen LogP contribution in [0.4, 0.5) is 0 Å². The van der Waals surface area contributed by atoms with Crippen LogP contribution in [0.25, 0.3) is 0 Å². The molecule has 0 unspecified atom stereocenters. The molecule has 2 aliphatic rings. The molecule has 1 spiro atoms. The lowest BCUT2D eigenvalue weighted by molar-refractivity contribution is 0.0113. The topological polar surface area (TPSA) is 59.0 Å². The summed E-state index contributed by atoms with van der Waals surface area (Å²) in [5.41, 5.74) is 0.358. The second-order valence-electron chi connectivity index (χ2n) is 6.37. The standard InChI is InChI=1S/C17H23NO4/c1-21-8-5-13-10-17(22-11-13)6-7-18(12-17)16(20)14-3-2-4-15(19)9-14/h2-4,9,13,19H,5-8,10-12H2,1H3/t13-,17-/m0/s1. The predicted octanol–water partition coefficient (Wildman–Crippen LogP) is 2.05. The Balaban J connectivity index is 1.62. The highest BCUT2D eigenvalue weighted by molar-refractivity contribution is 5.94. The number of phenols is 1. The second kappa shape index (κ2) is 6.26. The molecule has 2 aliphatic heterocycles. The van der Waals surface area contributed by atoms with Crippen molar-refractivity contribution in [3.05, 3.63) is 29.8 Å². The van der Waals surface area contributed by atoms with E-state index >= 15 is 0 Å². The molecule has 1 N–H and O–H groups in total. The molecule has 0 aromatic heterocycles. The number of aromatic hydroxyl groups is 1. The van der Waals surface area contributed by atoms with Gasteiger partial charge in [0.05, 0.1) is 18.8 Å². The molecule has 5 heteroatoms. The SMILES string of the molecule is COCC[C@@H]1CO[C@@]2(CCN(C(=O)c3cccc(O)c3)C2)C1. The van der Waals surface area contributed by atoms with Gasteiger partial charge in [-0.25, -0.2) is 0 Å². The van der Waals surface area contributed by atoms with Crippen LogP contribution in [0.3, 0.4) is 0 Å². The van der Waals surface area contributed by atoms with E-state index < -0.39 is 0 Å². The molecule has 5 nitrogen and oxygen atoms in total. The van der Waals surface area contributed by atoms with Gasteiger partial charge in [0.2, 0.25) is 0 Å². The van der Waals surface area contributed by atoms with Gasteiger partial charge in [0.15, 0.2) is 0 Å². The van der Waals surface area contributed by atoms with E-state index in [-0.39, 0.29) is 17.3 Å². The molecule has 1 aromatic carbocycles. The summed E-state index contributed by atoms with van der Waals surface area (Å²) in [4.78, 5) is 14.4. The van der Waals surface area contributed by atoms with Crippen LogP contribution in [-0.2, 0) is 9.47 Å². The molecule has 2 atom stereocenters. The van der Waals surface area contributed by atoms with Gasteiger partial charge >= 0.3 is 0 Å². The highest BCUT2D eigenvalue weighted by Crippen LogP contribution is 2.39. The fraction of sp³-hybridized carbons (Fsp3) is 0.588. The fourth-order valence-electron chi connectivity index (χ4n) is 3.53. The van der Waals surface area contributed by atoms with Gasteiger partial charge in [-0.2, -0.15) is 0 Å². The van der Waals surface area contributed by atoms with Crippen LogP contribution in [0.2, 0.25) is 0 Å². The normalized spacial score (nSPS) is 27.7. The van der Waals surface area contributed by atoms with E-state index in [4.69, 9.17) is 9.47 Å². The molecule has 2 saturated heterocycles. The summed E-state index contributed by atoms with van der Waals surface area (Å²) in [7, 11) is 1.72. The Hall–Kier alpha value is -1.59. The summed E-state index contributed by atoms with van der Waals surface area (Å²) in [5.74, 6) is 0.615. The molecule has 3 rings (SSSR count). The number of likely N-dealkylation sites (tertiary alicyclic amines) is 1. The largest absolute Gasteiger partial charge is 0.508 e. The molecular formula is C17H23NO4. The molecule has 2 heterocycles. The predicted molar refractivity (Wildman–Crippen MR) is 81.9 cm³/mol. The minimum Gasteiger partial charge on any atom is -0.508 e. The number of hydrogen-bond acceptors (Lipinski definition) is 4. The fourth-order valence-corrected chi connectivity index (χ4v) is 3.53. The summed E-state index contributed by atoms with van der Waals surface area (Å²) in [6.07, 6.45) is 2.90. The molecule has 1 aromatic rings. The smallest absolute Gasteiger partial charge is 0.254 e. The molecule has 0 bridgehead atoms. The van der Waals surface area contributed by atoms with Crippen molar-refractivity contribution in [2.75, 3.05) is 33.4 Å². The van der Waals surface area contributed by atoms with E-state index in [1.165, 1.54) is 6.07 Å². The quantitative estimate of drug-likeness (QED) is 0.925. The maximum absolute atomic E-state index is 12.5. The number of rotatable bonds is 4. The maximum atomic E-state index is 12.5. The van der Waals surface area contributed by atoms with E-state index in [1.54, 1.807) is 25.3 Å². The molecule has 1 amide bonds. The van der Waals surface area contributed by atoms with E-state index in [0.29, 0.717) is 24.6 Å². The van der Waals surface area contributed by atoms with Crippen LogP contribution in [0.5, 0.6) is 5.75 Å². The Morgan fingerprint density at radius 1 is 1.55 bits per heavy atom. The first kappa shape index (κ1) is 15.3. The Morgan fingerprint density at radius 3 is 3.18 bits per heavy atom. The van der Waals surface area contributed by atoms with Gasteiger partial charge in [0.25, 0.3) is 5.91 Å². The number of ether oxygens (including phenoxy) is 2. The monoisotopic (exact) mass is 305 g/mol.